The number of hydrogen-bond donors (Lipinski definition) is 1. The fraction of sp³-hybridized carbons (Fsp3) is 0.684. The van der Waals surface area contributed by atoms with Crippen molar-refractivity contribution in [3.8, 4) is 0 Å². The first-order valence-corrected chi connectivity index (χ1v) is 8.60. The van der Waals surface area contributed by atoms with Crippen molar-refractivity contribution in [2.24, 2.45) is 28.9 Å². The zero-order chi connectivity index (χ0) is 14.4. The van der Waals surface area contributed by atoms with Crippen LogP contribution in [0.15, 0.2) is 24.3 Å². The van der Waals surface area contributed by atoms with Crippen LogP contribution in [0, 0.1) is 29.0 Å². The van der Waals surface area contributed by atoms with E-state index >= 15 is 0 Å². The van der Waals surface area contributed by atoms with E-state index in [2.05, 4.69) is 0 Å². The highest BCUT2D eigenvalue weighted by Gasteiger charge is 2.50. The third-order valence-corrected chi connectivity index (χ3v) is 6.27. The number of nitrogens with two attached hydrogens (primary N) is 1. The lowest BCUT2D eigenvalue weighted by Crippen LogP contribution is -2.48. The minimum absolute atomic E-state index is 0.159. The molecule has 0 radical (unpaired) electrons. The highest BCUT2D eigenvalue weighted by molar-refractivity contribution is 5.17. The van der Waals surface area contributed by atoms with Gasteiger partial charge in [-0.25, -0.2) is 4.39 Å². The van der Waals surface area contributed by atoms with E-state index in [9.17, 15) is 4.39 Å². The molecule has 21 heavy (non-hydrogen) atoms. The molecule has 0 spiro atoms. The van der Waals surface area contributed by atoms with Crippen LogP contribution < -0.4 is 5.73 Å². The predicted octanol–water partition coefficient (Wildman–Crippen LogP) is 4.30. The van der Waals surface area contributed by atoms with Gasteiger partial charge in [0.1, 0.15) is 5.82 Å². The minimum Gasteiger partial charge on any atom is -0.327 e. The maximum Gasteiger partial charge on any atom is 0.123 e. The van der Waals surface area contributed by atoms with Crippen LogP contribution in [0.2, 0.25) is 0 Å². The van der Waals surface area contributed by atoms with E-state index in [0.717, 1.165) is 24.2 Å². The summed E-state index contributed by atoms with van der Waals surface area (Å²) in [5, 5.41) is 0. The molecule has 1 aromatic carbocycles. The summed E-state index contributed by atoms with van der Waals surface area (Å²) in [7, 11) is 0. The van der Waals surface area contributed by atoms with Crippen molar-refractivity contribution >= 4 is 0 Å². The molecule has 0 heterocycles. The van der Waals surface area contributed by atoms with E-state index in [4.69, 9.17) is 5.73 Å². The molecule has 1 atom stereocenters. The second-order valence-electron chi connectivity index (χ2n) is 8.21. The number of hydrogen-bond acceptors (Lipinski definition) is 1. The quantitative estimate of drug-likeness (QED) is 0.877. The molecule has 4 saturated carbocycles. The fourth-order valence-corrected chi connectivity index (χ4v) is 6.09. The van der Waals surface area contributed by atoms with E-state index in [1.165, 1.54) is 50.5 Å². The molecule has 1 unspecified atom stereocenters. The topological polar surface area (TPSA) is 26.0 Å². The van der Waals surface area contributed by atoms with Crippen LogP contribution in [0.4, 0.5) is 4.39 Å². The summed E-state index contributed by atoms with van der Waals surface area (Å²) in [5.41, 5.74) is 8.20. The Morgan fingerprint density at radius 2 is 1.52 bits per heavy atom. The number of rotatable bonds is 4. The van der Waals surface area contributed by atoms with E-state index in [1.54, 1.807) is 12.1 Å². The standard InChI is InChI=1S/C19H26FN/c20-17-3-1-13(2-4-17)8-18(21)12-19-9-14-5-15(10-19)7-16(6-14)11-19/h1-4,14-16,18H,5-12,21H2. The molecule has 4 aliphatic rings. The Labute approximate surface area is 127 Å². The van der Waals surface area contributed by atoms with Gasteiger partial charge in [0.25, 0.3) is 0 Å². The van der Waals surface area contributed by atoms with Gasteiger partial charge < -0.3 is 5.73 Å². The molecule has 4 bridgehead atoms. The zero-order valence-corrected chi connectivity index (χ0v) is 12.7. The molecule has 0 amide bonds. The maximum atomic E-state index is 13.0. The average molecular weight is 287 g/mol. The second-order valence-corrected chi connectivity index (χ2v) is 8.21. The molecule has 0 saturated heterocycles. The third kappa shape index (κ3) is 2.75. The van der Waals surface area contributed by atoms with Crippen molar-refractivity contribution in [2.45, 2.75) is 57.4 Å². The molecular formula is C19H26FN. The van der Waals surface area contributed by atoms with Crippen LogP contribution in [0.5, 0.6) is 0 Å². The van der Waals surface area contributed by atoms with Crippen LogP contribution in [0.3, 0.4) is 0 Å². The first kappa shape index (κ1) is 13.8. The second kappa shape index (κ2) is 5.08. The number of benzene rings is 1. The maximum absolute atomic E-state index is 13.0. The Morgan fingerprint density at radius 3 is 2.05 bits per heavy atom. The molecule has 1 nitrogen and oxygen atoms in total. The molecule has 5 rings (SSSR count). The Hall–Kier alpha value is -0.890. The van der Waals surface area contributed by atoms with Gasteiger partial charge in [0.05, 0.1) is 0 Å². The molecule has 0 aromatic heterocycles. The molecule has 0 aliphatic heterocycles. The highest BCUT2D eigenvalue weighted by atomic mass is 19.1. The lowest BCUT2D eigenvalue weighted by Gasteiger charge is -2.57. The van der Waals surface area contributed by atoms with E-state index in [1.807, 2.05) is 12.1 Å². The van der Waals surface area contributed by atoms with Gasteiger partial charge in [-0.2, -0.15) is 0 Å². The molecule has 1 aromatic rings. The first-order valence-electron chi connectivity index (χ1n) is 8.60. The molecule has 4 aliphatic carbocycles. The van der Waals surface area contributed by atoms with Crippen molar-refractivity contribution in [3.05, 3.63) is 35.6 Å². The van der Waals surface area contributed by atoms with Gasteiger partial charge >= 0.3 is 0 Å². The first-order chi connectivity index (χ1) is 10.1. The Balaban J connectivity index is 1.42. The smallest absolute Gasteiger partial charge is 0.123 e. The molecule has 2 N–H and O–H groups in total. The van der Waals surface area contributed by atoms with Gasteiger partial charge in [-0.1, -0.05) is 12.1 Å². The Kier molecular flexibility index (Phi) is 3.33. The van der Waals surface area contributed by atoms with Crippen molar-refractivity contribution < 1.29 is 4.39 Å². The average Bonchev–Trinajstić information content (AvgIpc) is 2.39. The van der Waals surface area contributed by atoms with Gasteiger partial charge in [-0.05, 0) is 92.2 Å². The van der Waals surface area contributed by atoms with Gasteiger partial charge in [0.15, 0.2) is 0 Å². The third-order valence-electron chi connectivity index (χ3n) is 6.27. The fourth-order valence-electron chi connectivity index (χ4n) is 6.09. The lowest BCUT2D eigenvalue weighted by molar-refractivity contribution is -0.0602. The minimum atomic E-state index is -0.159. The summed E-state index contributed by atoms with van der Waals surface area (Å²) < 4.78 is 13.0. The van der Waals surface area contributed by atoms with Crippen LogP contribution in [0.1, 0.15) is 50.5 Å². The van der Waals surface area contributed by atoms with Gasteiger partial charge in [0.2, 0.25) is 0 Å². The molecular weight excluding hydrogens is 261 g/mol. The van der Waals surface area contributed by atoms with E-state index in [-0.39, 0.29) is 11.9 Å². The highest BCUT2D eigenvalue weighted by Crippen LogP contribution is 2.61. The Bertz CT molecular complexity index is 472. The Morgan fingerprint density at radius 1 is 1.00 bits per heavy atom. The van der Waals surface area contributed by atoms with E-state index in [0.29, 0.717) is 5.41 Å². The summed E-state index contributed by atoms with van der Waals surface area (Å²) in [4.78, 5) is 0. The van der Waals surface area contributed by atoms with E-state index < -0.39 is 0 Å². The molecule has 4 fully saturated rings. The zero-order valence-electron chi connectivity index (χ0n) is 12.7. The van der Waals surface area contributed by atoms with Gasteiger partial charge in [-0.3, -0.25) is 0 Å². The van der Waals surface area contributed by atoms with Crippen molar-refractivity contribution in [2.75, 3.05) is 0 Å². The van der Waals surface area contributed by atoms with Crippen LogP contribution in [-0.2, 0) is 6.42 Å². The molecule has 114 valence electrons. The predicted molar refractivity (Wildman–Crippen MR) is 83.3 cm³/mol. The van der Waals surface area contributed by atoms with Crippen molar-refractivity contribution in [1.82, 2.24) is 0 Å². The van der Waals surface area contributed by atoms with Crippen LogP contribution in [0.25, 0.3) is 0 Å². The van der Waals surface area contributed by atoms with Gasteiger partial charge in [-0.15, -0.1) is 0 Å². The summed E-state index contributed by atoms with van der Waals surface area (Å²) in [5.74, 6) is 2.83. The summed E-state index contributed by atoms with van der Waals surface area (Å²) in [6.07, 6.45) is 10.8. The van der Waals surface area contributed by atoms with Gasteiger partial charge in [0, 0.05) is 6.04 Å². The molecule has 2 heteroatoms. The van der Waals surface area contributed by atoms with Crippen LogP contribution in [-0.4, -0.2) is 6.04 Å². The SMILES string of the molecule is NC(Cc1ccc(F)cc1)CC12CC3CC(CC(C3)C1)C2. The lowest BCUT2D eigenvalue weighted by atomic mass is 9.48. The van der Waals surface area contributed by atoms with Crippen molar-refractivity contribution in [1.29, 1.82) is 0 Å². The van der Waals surface area contributed by atoms with Crippen molar-refractivity contribution in [3.63, 3.8) is 0 Å². The summed E-state index contributed by atoms with van der Waals surface area (Å²) in [6, 6.07) is 7.09. The summed E-state index contributed by atoms with van der Waals surface area (Å²) in [6.45, 7) is 0. The monoisotopic (exact) mass is 287 g/mol. The number of halogens is 1. The summed E-state index contributed by atoms with van der Waals surface area (Å²) >= 11 is 0. The van der Waals surface area contributed by atoms with Crippen LogP contribution >= 0.6 is 0 Å². The normalized spacial score (nSPS) is 38.7. The largest absolute Gasteiger partial charge is 0.327 e.